The van der Waals surface area contributed by atoms with E-state index in [1.54, 1.807) is 6.08 Å². The summed E-state index contributed by atoms with van der Waals surface area (Å²) in [5.74, 6) is 1.74. The van der Waals surface area contributed by atoms with Crippen molar-refractivity contribution in [3.8, 4) is 0 Å². The van der Waals surface area contributed by atoms with Crippen molar-refractivity contribution in [3.63, 3.8) is 0 Å². The summed E-state index contributed by atoms with van der Waals surface area (Å²) in [7, 11) is 0. The molecule has 0 N–H and O–H groups in total. The van der Waals surface area contributed by atoms with Crippen LogP contribution in [0.1, 0.15) is 90.4 Å². The predicted molar refractivity (Wildman–Crippen MR) is 145 cm³/mol. The topological polar surface area (TPSA) is 17.1 Å². The Kier molecular flexibility index (Phi) is 6.55. The van der Waals surface area contributed by atoms with Crippen LogP contribution in [0.5, 0.6) is 0 Å². The van der Waals surface area contributed by atoms with Crippen LogP contribution in [0.25, 0.3) is 6.08 Å². The van der Waals surface area contributed by atoms with Crippen molar-refractivity contribution in [1.82, 2.24) is 0 Å². The van der Waals surface area contributed by atoms with Gasteiger partial charge < -0.3 is 0 Å². The van der Waals surface area contributed by atoms with Crippen molar-refractivity contribution in [2.45, 2.75) is 71.1 Å². The minimum absolute atomic E-state index is 0. The number of rotatable bonds is 5. The van der Waals surface area contributed by atoms with E-state index in [-0.39, 0.29) is 13.1 Å². The summed E-state index contributed by atoms with van der Waals surface area (Å²) in [5.41, 5.74) is 10.3. The van der Waals surface area contributed by atoms with Crippen LogP contribution in [0.3, 0.4) is 0 Å². The molecule has 1 unspecified atom stereocenters. The average Bonchev–Trinajstić information content (AvgIpc) is 2.84. The van der Waals surface area contributed by atoms with E-state index in [9.17, 15) is 4.79 Å². The van der Waals surface area contributed by atoms with Crippen LogP contribution in [-0.4, -0.2) is 5.78 Å². The molecule has 0 amide bonds. The standard InChI is InChI=1S/C33H36O.H2/c1-22-5-11-27(12-6-22)28-13-8-25(9-14-28)19-26-10-15-29-16-17-33(34)32(31(29)20-26)21-30-18-23(2)4-7-24(30)3;/h4,7-10,13-18,20,22,27,32H,5-6,11-12,19,21H2,1-3H3;1H. The number of ketones is 1. The fourth-order valence-corrected chi connectivity index (χ4v) is 5.82. The van der Waals surface area contributed by atoms with Crippen LogP contribution in [-0.2, 0) is 17.6 Å². The highest BCUT2D eigenvalue weighted by Gasteiger charge is 2.25. The first-order valence-corrected chi connectivity index (χ1v) is 13.0. The first-order valence-electron chi connectivity index (χ1n) is 13.0. The fourth-order valence-electron chi connectivity index (χ4n) is 5.82. The van der Waals surface area contributed by atoms with Crippen molar-refractivity contribution in [2.75, 3.05) is 0 Å². The molecule has 0 radical (unpaired) electrons. The Hall–Kier alpha value is -2.93. The third-order valence-corrected chi connectivity index (χ3v) is 8.10. The van der Waals surface area contributed by atoms with Gasteiger partial charge in [-0.1, -0.05) is 92.1 Å². The fraction of sp³-hybridized carbons (Fsp3) is 0.364. The minimum Gasteiger partial charge on any atom is -0.294 e. The average molecular weight is 451 g/mol. The van der Waals surface area contributed by atoms with E-state index in [0.717, 1.165) is 24.7 Å². The molecule has 2 aliphatic carbocycles. The molecule has 0 heterocycles. The van der Waals surface area contributed by atoms with Crippen molar-refractivity contribution in [1.29, 1.82) is 0 Å². The second-order valence-electron chi connectivity index (χ2n) is 10.8. The Labute approximate surface area is 206 Å². The van der Waals surface area contributed by atoms with E-state index >= 15 is 0 Å². The molecule has 3 aromatic carbocycles. The molecule has 0 saturated heterocycles. The number of hydrogen-bond donors (Lipinski definition) is 0. The lowest BCUT2D eigenvalue weighted by molar-refractivity contribution is -0.116. The number of aryl methyl sites for hydroxylation is 2. The highest BCUT2D eigenvalue weighted by Crippen LogP contribution is 2.36. The zero-order valence-electron chi connectivity index (χ0n) is 20.8. The summed E-state index contributed by atoms with van der Waals surface area (Å²) in [6.07, 6.45) is 10.8. The third kappa shape index (κ3) is 4.94. The molecule has 2 aliphatic rings. The SMILES string of the molecule is Cc1ccc(C)c(CC2C(=O)C=Cc3ccc(Cc4ccc(C5CCC(C)CC5)cc4)cc32)c1.[HH]. The Bertz CT molecular complexity index is 1210. The number of carbonyl (C=O) groups is 1. The molecular weight excluding hydrogens is 412 g/mol. The van der Waals surface area contributed by atoms with Crippen LogP contribution in [0, 0.1) is 19.8 Å². The van der Waals surface area contributed by atoms with Gasteiger partial charge in [-0.15, -0.1) is 0 Å². The van der Waals surface area contributed by atoms with E-state index in [4.69, 9.17) is 0 Å². The van der Waals surface area contributed by atoms with Gasteiger partial charge in [0.25, 0.3) is 0 Å². The van der Waals surface area contributed by atoms with Gasteiger partial charge in [0.05, 0.1) is 5.92 Å². The predicted octanol–water partition coefficient (Wildman–Crippen LogP) is 8.36. The number of allylic oxidation sites excluding steroid dienone is 1. The van der Waals surface area contributed by atoms with Gasteiger partial charge in [-0.05, 0) is 96.4 Å². The largest absolute Gasteiger partial charge is 0.294 e. The normalized spacial score (nSPS) is 22.0. The maximum absolute atomic E-state index is 12.9. The zero-order valence-corrected chi connectivity index (χ0v) is 20.8. The first-order chi connectivity index (χ1) is 16.5. The van der Waals surface area contributed by atoms with Crippen molar-refractivity contribution in [2.24, 2.45) is 5.92 Å². The maximum Gasteiger partial charge on any atom is 0.163 e. The van der Waals surface area contributed by atoms with Gasteiger partial charge in [0.15, 0.2) is 5.78 Å². The minimum atomic E-state index is -0.100. The van der Waals surface area contributed by atoms with Gasteiger partial charge in [-0.25, -0.2) is 0 Å². The molecule has 0 aliphatic heterocycles. The lowest BCUT2D eigenvalue weighted by Gasteiger charge is -2.26. The van der Waals surface area contributed by atoms with E-state index in [1.165, 1.54) is 70.2 Å². The van der Waals surface area contributed by atoms with Gasteiger partial charge >= 0.3 is 0 Å². The molecule has 0 spiro atoms. The van der Waals surface area contributed by atoms with Crippen molar-refractivity contribution < 1.29 is 6.22 Å². The summed E-state index contributed by atoms with van der Waals surface area (Å²) in [6, 6.07) is 22.6. The summed E-state index contributed by atoms with van der Waals surface area (Å²) in [4.78, 5) is 12.9. The Morgan fingerprint density at radius 3 is 2.32 bits per heavy atom. The summed E-state index contributed by atoms with van der Waals surface area (Å²) >= 11 is 0. The maximum atomic E-state index is 12.9. The van der Waals surface area contributed by atoms with Crippen LogP contribution in [0.4, 0.5) is 0 Å². The summed E-state index contributed by atoms with van der Waals surface area (Å²) in [5, 5.41) is 0. The molecule has 1 nitrogen and oxygen atoms in total. The molecule has 1 saturated carbocycles. The number of benzene rings is 3. The van der Waals surface area contributed by atoms with Crippen molar-refractivity contribution in [3.05, 3.63) is 111 Å². The molecule has 0 bridgehead atoms. The molecule has 5 rings (SSSR count). The van der Waals surface area contributed by atoms with E-state index in [0.29, 0.717) is 0 Å². The van der Waals surface area contributed by atoms with Crippen LogP contribution in [0.2, 0.25) is 0 Å². The molecule has 1 fully saturated rings. The smallest absolute Gasteiger partial charge is 0.163 e. The molecule has 3 aromatic rings. The highest BCUT2D eigenvalue weighted by atomic mass is 16.1. The second-order valence-corrected chi connectivity index (χ2v) is 10.8. The quantitative estimate of drug-likeness (QED) is 0.382. The molecule has 0 aromatic heterocycles. The molecule has 34 heavy (non-hydrogen) atoms. The lowest BCUT2D eigenvalue weighted by atomic mass is 9.79. The van der Waals surface area contributed by atoms with Gasteiger partial charge in [-0.2, -0.15) is 0 Å². The molecular formula is C33H38O. The summed E-state index contributed by atoms with van der Waals surface area (Å²) < 4.78 is 0. The van der Waals surface area contributed by atoms with Crippen molar-refractivity contribution >= 4 is 11.9 Å². The monoisotopic (exact) mass is 450 g/mol. The van der Waals surface area contributed by atoms with E-state index in [1.807, 2.05) is 6.08 Å². The van der Waals surface area contributed by atoms with E-state index in [2.05, 4.69) is 81.4 Å². The Morgan fingerprint density at radius 1 is 0.824 bits per heavy atom. The zero-order chi connectivity index (χ0) is 23.7. The number of hydrogen-bond acceptors (Lipinski definition) is 1. The molecule has 1 atom stereocenters. The van der Waals surface area contributed by atoms with Crippen LogP contribution >= 0.6 is 0 Å². The highest BCUT2D eigenvalue weighted by molar-refractivity contribution is 6.02. The first kappa shape index (κ1) is 22.8. The van der Waals surface area contributed by atoms with Crippen LogP contribution in [0.15, 0.2) is 66.7 Å². The van der Waals surface area contributed by atoms with Gasteiger partial charge in [0.2, 0.25) is 0 Å². The van der Waals surface area contributed by atoms with Gasteiger partial charge in [0, 0.05) is 1.43 Å². The number of fused-ring (bicyclic) bond motifs is 1. The molecule has 1 heteroatoms. The Balaban J connectivity index is 0.00000289. The van der Waals surface area contributed by atoms with Gasteiger partial charge in [-0.3, -0.25) is 4.79 Å². The summed E-state index contributed by atoms with van der Waals surface area (Å²) in [6.45, 7) is 6.65. The Morgan fingerprint density at radius 2 is 1.56 bits per heavy atom. The molecule has 176 valence electrons. The number of carbonyl (C=O) groups excluding carboxylic acids is 1. The second kappa shape index (κ2) is 9.74. The van der Waals surface area contributed by atoms with Gasteiger partial charge in [0.1, 0.15) is 0 Å². The third-order valence-electron chi connectivity index (χ3n) is 8.10. The lowest BCUT2D eigenvalue weighted by Crippen LogP contribution is -2.18. The van der Waals surface area contributed by atoms with Crippen LogP contribution < -0.4 is 0 Å². The van der Waals surface area contributed by atoms with E-state index < -0.39 is 0 Å².